The third-order valence-electron chi connectivity index (χ3n) is 2.71. The molecular formula is C14H14BrNO2. The van der Waals surface area contributed by atoms with Gasteiger partial charge in [-0.25, -0.2) is 0 Å². The summed E-state index contributed by atoms with van der Waals surface area (Å²) in [5.74, 6) is 0.772. The first kappa shape index (κ1) is 13.1. The highest BCUT2D eigenvalue weighted by molar-refractivity contribution is 9.08. The van der Waals surface area contributed by atoms with E-state index in [9.17, 15) is 5.11 Å². The number of hydrogen-bond acceptors (Lipinski definition) is 3. The number of rotatable bonds is 4. The second kappa shape index (κ2) is 5.98. The van der Waals surface area contributed by atoms with Gasteiger partial charge in [0.15, 0.2) is 0 Å². The lowest BCUT2D eigenvalue weighted by Gasteiger charge is -2.11. The van der Waals surface area contributed by atoms with Crippen LogP contribution in [0.2, 0.25) is 0 Å². The Balaban J connectivity index is 2.20. The Morgan fingerprint density at radius 1 is 1.22 bits per heavy atom. The van der Waals surface area contributed by atoms with Gasteiger partial charge < -0.3 is 9.84 Å². The Kier molecular flexibility index (Phi) is 4.33. The molecule has 0 saturated carbocycles. The van der Waals surface area contributed by atoms with E-state index in [4.69, 9.17) is 4.74 Å². The zero-order valence-electron chi connectivity index (χ0n) is 10.0. The maximum absolute atomic E-state index is 10.2. The van der Waals surface area contributed by atoms with Crippen molar-refractivity contribution >= 4 is 15.9 Å². The molecular weight excluding hydrogens is 294 g/mol. The molecule has 1 unspecified atom stereocenters. The molecule has 1 N–H and O–H groups in total. The predicted octanol–water partition coefficient (Wildman–Crippen LogP) is 3.07. The summed E-state index contributed by atoms with van der Waals surface area (Å²) >= 11 is 3.36. The zero-order valence-corrected chi connectivity index (χ0v) is 11.6. The monoisotopic (exact) mass is 307 g/mol. The third-order valence-corrected chi connectivity index (χ3v) is 3.36. The van der Waals surface area contributed by atoms with E-state index >= 15 is 0 Å². The average molecular weight is 308 g/mol. The van der Waals surface area contributed by atoms with Crippen LogP contribution in [0.5, 0.6) is 5.75 Å². The van der Waals surface area contributed by atoms with Gasteiger partial charge in [0, 0.05) is 11.5 Å². The summed E-state index contributed by atoms with van der Waals surface area (Å²) in [7, 11) is 1.62. The van der Waals surface area contributed by atoms with Gasteiger partial charge in [-0.1, -0.05) is 34.1 Å². The second-order valence-corrected chi connectivity index (χ2v) is 4.46. The first-order chi connectivity index (χ1) is 8.74. The predicted molar refractivity (Wildman–Crippen MR) is 73.9 cm³/mol. The smallest absolute Gasteiger partial charge is 0.121 e. The summed E-state index contributed by atoms with van der Waals surface area (Å²) in [6.45, 7) is 0. The Morgan fingerprint density at radius 3 is 2.44 bits per heavy atom. The topological polar surface area (TPSA) is 42.4 Å². The van der Waals surface area contributed by atoms with E-state index in [1.165, 1.54) is 0 Å². The minimum Gasteiger partial charge on any atom is -0.497 e. The van der Waals surface area contributed by atoms with Gasteiger partial charge in [-0.05, 0) is 29.3 Å². The Hall–Kier alpha value is -1.39. The molecule has 1 heterocycles. The SMILES string of the molecule is COc1ccc(C(O)c2ccc(CBr)cn2)cc1. The molecule has 0 aliphatic carbocycles. The van der Waals surface area contributed by atoms with Crippen LogP contribution in [-0.4, -0.2) is 17.2 Å². The van der Waals surface area contributed by atoms with Gasteiger partial charge in [0.05, 0.1) is 12.8 Å². The van der Waals surface area contributed by atoms with Crippen LogP contribution in [0.15, 0.2) is 42.6 Å². The first-order valence-electron chi connectivity index (χ1n) is 5.57. The maximum Gasteiger partial charge on any atom is 0.121 e. The molecule has 2 rings (SSSR count). The maximum atomic E-state index is 10.2. The lowest BCUT2D eigenvalue weighted by molar-refractivity contribution is 0.215. The quantitative estimate of drug-likeness (QED) is 0.883. The fourth-order valence-corrected chi connectivity index (χ4v) is 1.97. The van der Waals surface area contributed by atoms with E-state index in [1.54, 1.807) is 13.3 Å². The highest BCUT2D eigenvalue weighted by atomic mass is 79.9. The number of methoxy groups -OCH3 is 1. The van der Waals surface area contributed by atoms with Crippen LogP contribution < -0.4 is 4.74 Å². The van der Waals surface area contributed by atoms with Crippen LogP contribution in [-0.2, 0) is 5.33 Å². The van der Waals surface area contributed by atoms with Crippen LogP contribution in [0.25, 0.3) is 0 Å². The molecule has 2 aromatic rings. The minimum atomic E-state index is -0.708. The number of aliphatic hydroxyl groups excluding tert-OH is 1. The number of aliphatic hydroxyl groups is 1. The summed E-state index contributed by atoms with van der Waals surface area (Å²) in [4.78, 5) is 4.26. The summed E-state index contributed by atoms with van der Waals surface area (Å²) in [6.07, 6.45) is 1.05. The largest absolute Gasteiger partial charge is 0.497 e. The highest BCUT2D eigenvalue weighted by Crippen LogP contribution is 2.22. The Morgan fingerprint density at radius 2 is 1.94 bits per heavy atom. The van der Waals surface area contributed by atoms with Crippen molar-refractivity contribution in [2.24, 2.45) is 0 Å². The van der Waals surface area contributed by atoms with Gasteiger partial charge in [-0.3, -0.25) is 4.98 Å². The van der Waals surface area contributed by atoms with E-state index in [1.807, 2.05) is 36.4 Å². The normalized spacial score (nSPS) is 12.2. The van der Waals surface area contributed by atoms with Gasteiger partial charge in [0.1, 0.15) is 11.9 Å². The molecule has 0 saturated heterocycles. The molecule has 1 aromatic heterocycles. The summed E-state index contributed by atoms with van der Waals surface area (Å²) in [5, 5.41) is 11.0. The lowest BCUT2D eigenvalue weighted by Crippen LogP contribution is -2.02. The van der Waals surface area contributed by atoms with Gasteiger partial charge in [0.2, 0.25) is 0 Å². The fraction of sp³-hybridized carbons (Fsp3) is 0.214. The van der Waals surface area contributed by atoms with Crippen molar-refractivity contribution in [3.63, 3.8) is 0 Å². The van der Waals surface area contributed by atoms with E-state index in [0.717, 1.165) is 22.2 Å². The lowest BCUT2D eigenvalue weighted by atomic mass is 10.1. The van der Waals surface area contributed by atoms with Gasteiger partial charge in [0.25, 0.3) is 0 Å². The molecule has 0 spiro atoms. The standard InChI is InChI=1S/C14H14BrNO2/c1-18-12-5-3-11(4-6-12)14(17)13-7-2-10(8-15)9-16-13/h2-7,9,14,17H,8H2,1H3. The number of hydrogen-bond donors (Lipinski definition) is 1. The fourth-order valence-electron chi connectivity index (χ4n) is 1.63. The average Bonchev–Trinajstić information content (AvgIpc) is 2.47. The van der Waals surface area contributed by atoms with E-state index in [0.29, 0.717) is 5.69 Å². The van der Waals surface area contributed by atoms with Crippen molar-refractivity contribution in [3.05, 3.63) is 59.4 Å². The van der Waals surface area contributed by atoms with E-state index in [-0.39, 0.29) is 0 Å². The van der Waals surface area contributed by atoms with Crippen LogP contribution in [0.1, 0.15) is 22.9 Å². The number of aromatic nitrogens is 1. The molecule has 0 bridgehead atoms. The molecule has 0 amide bonds. The second-order valence-electron chi connectivity index (χ2n) is 3.90. The number of benzene rings is 1. The third kappa shape index (κ3) is 2.89. The first-order valence-corrected chi connectivity index (χ1v) is 6.69. The molecule has 0 aliphatic heterocycles. The summed E-state index contributed by atoms with van der Waals surface area (Å²) in [6, 6.07) is 11.1. The van der Waals surface area contributed by atoms with Crippen molar-refractivity contribution < 1.29 is 9.84 Å². The van der Waals surface area contributed by atoms with Gasteiger partial charge in [-0.2, -0.15) is 0 Å². The molecule has 1 aromatic carbocycles. The number of alkyl halides is 1. The van der Waals surface area contributed by atoms with Crippen molar-refractivity contribution in [2.75, 3.05) is 7.11 Å². The van der Waals surface area contributed by atoms with Crippen LogP contribution >= 0.6 is 15.9 Å². The molecule has 0 fully saturated rings. The molecule has 4 heteroatoms. The summed E-state index contributed by atoms with van der Waals surface area (Å²) < 4.78 is 5.08. The molecule has 3 nitrogen and oxygen atoms in total. The van der Waals surface area contributed by atoms with Crippen molar-refractivity contribution in [2.45, 2.75) is 11.4 Å². The molecule has 0 radical (unpaired) electrons. The zero-order chi connectivity index (χ0) is 13.0. The van der Waals surface area contributed by atoms with Crippen molar-refractivity contribution in [1.82, 2.24) is 4.98 Å². The van der Waals surface area contributed by atoms with Gasteiger partial charge in [-0.15, -0.1) is 0 Å². The van der Waals surface area contributed by atoms with E-state index in [2.05, 4.69) is 20.9 Å². The molecule has 1 atom stereocenters. The number of pyridine rings is 1. The Labute approximate surface area is 115 Å². The molecule has 0 aliphatic rings. The Bertz CT molecular complexity index is 449. The highest BCUT2D eigenvalue weighted by Gasteiger charge is 2.11. The minimum absolute atomic E-state index is 0.643. The van der Waals surface area contributed by atoms with Gasteiger partial charge >= 0.3 is 0 Å². The molecule has 18 heavy (non-hydrogen) atoms. The van der Waals surface area contributed by atoms with Crippen LogP contribution in [0, 0.1) is 0 Å². The number of nitrogens with zero attached hydrogens (tertiary/aromatic N) is 1. The number of ether oxygens (including phenoxy) is 1. The van der Waals surface area contributed by atoms with E-state index < -0.39 is 6.10 Å². The number of halogens is 1. The molecule has 94 valence electrons. The van der Waals surface area contributed by atoms with Crippen LogP contribution in [0.3, 0.4) is 0 Å². The van der Waals surface area contributed by atoms with Crippen LogP contribution in [0.4, 0.5) is 0 Å². The van der Waals surface area contributed by atoms with Crippen molar-refractivity contribution in [1.29, 1.82) is 0 Å². The van der Waals surface area contributed by atoms with Crippen molar-refractivity contribution in [3.8, 4) is 5.75 Å². The summed E-state index contributed by atoms with van der Waals surface area (Å²) in [5.41, 5.74) is 2.53.